The number of allylic oxidation sites excluding steroid dienone is 1. The van der Waals surface area contributed by atoms with E-state index in [9.17, 15) is 9.18 Å². The fourth-order valence-electron chi connectivity index (χ4n) is 2.32. The fraction of sp³-hybridized carbons (Fsp3) is 0.308. The largest absolute Gasteiger partial charge is 0.366 e. The monoisotopic (exact) mass is 219 g/mol. The van der Waals surface area contributed by atoms with E-state index in [2.05, 4.69) is 6.92 Å². The molecule has 0 heterocycles. The van der Waals surface area contributed by atoms with Crippen molar-refractivity contribution in [3.8, 4) is 0 Å². The second-order valence-corrected chi connectivity index (χ2v) is 4.11. The van der Waals surface area contributed by atoms with Crippen molar-refractivity contribution in [2.75, 3.05) is 0 Å². The highest BCUT2D eigenvalue weighted by Crippen LogP contribution is 2.42. The Bertz CT molecular complexity index is 465. The number of carbonyl (C=O) groups excluding carboxylic acids is 1. The summed E-state index contributed by atoms with van der Waals surface area (Å²) in [6, 6.07) is 4.76. The van der Waals surface area contributed by atoms with Crippen LogP contribution in [-0.2, 0) is 4.79 Å². The van der Waals surface area contributed by atoms with E-state index in [1.165, 1.54) is 18.2 Å². The summed E-state index contributed by atoms with van der Waals surface area (Å²) in [4.78, 5) is 10.9. The summed E-state index contributed by atoms with van der Waals surface area (Å²) in [6.07, 6.45) is 3.17. The average molecular weight is 219 g/mol. The topological polar surface area (TPSA) is 43.1 Å². The van der Waals surface area contributed by atoms with Crippen molar-refractivity contribution in [1.82, 2.24) is 0 Å². The van der Waals surface area contributed by atoms with E-state index in [0.29, 0.717) is 5.92 Å². The minimum absolute atomic E-state index is 0.272. The number of amides is 1. The number of nitrogens with two attached hydrogens (primary N) is 1. The Morgan fingerprint density at radius 2 is 2.38 bits per heavy atom. The molecule has 0 aromatic heterocycles. The maximum Gasteiger partial charge on any atom is 0.241 e. The Kier molecular flexibility index (Phi) is 2.77. The van der Waals surface area contributed by atoms with Crippen molar-refractivity contribution >= 4 is 11.5 Å². The van der Waals surface area contributed by atoms with Gasteiger partial charge in [0.25, 0.3) is 0 Å². The predicted octanol–water partition coefficient (Wildman–Crippen LogP) is 2.59. The smallest absolute Gasteiger partial charge is 0.241 e. The van der Waals surface area contributed by atoms with E-state index in [0.717, 1.165) is 29.5 Å². The fourth-order valence-corrected chi connectivity index (χ4v) is 2.32. The Hall–Kier alpha value is -1.64. The molecule has 2 N–H and O–H groups in total. The molecule has 3 heteroatoms. The first-order valence-electron chi connectivity index (χ1n) is 5.41. The highest BCUT2D eigenvalue weighted by molar-refractivity contribution is 5.95. The van der Waals surface area contributed by atoms with Crippen LogP contribution in [0.1, 0.15) is 36.8 Å². The third-order valence-electron chi connectivity index (χ3n) is 3.08. The van der Waals surface area contributed by atoms with Gasteiger partial charge in [0.05, 0.1) is 0 Å². The van der Waals surface area contributed by atoms with Crippen LogP contribution in [0.4, 0.5) is 4.39 Å². The van der Waals surface area contributed by atoms with Gasteiger partial charge in [-0.05, 0) is 47.6 Å². The molecule has 0 radical (unpaired) electrons. The van der Waals surface area contributed by atoms with E-state index in [-0.39, 0.29) is 5.82 Å². The van der Waals surface area contributed by atoms with Crippen molar-refractivity contribution in [2.45, 2.75) is 25.7 Å². The van der Waals surface area contributed by atoms with Gasteiger partial charge in [0, 0.05) is 6.08 Å². The van der Waals surface area contributed by atoms with Crippen LogP contribution in [0.2, 0.25) is 0 Å². The van der Waals surface area contributed by atoms with E-state index in [4.69, 9.17) is 5.73 Å². The molecule has 1 aliphatic rings. The van der Waals surface area contributed by atoms with Crippen LogP contribution in [0, 0.1) is 5.82 Å². The number of hydrogen-bond acceptors (Lipinski definition) is 1. The van der Waals surface area contributed by atoms with Gasteiger partial charge in [0.2, 0.25) is 5.91 Å². The molecule has 1 atom stereocenters. The molecule has 16 heavy (non-hydrogen) atoms. The quantitative estimate of drug-likeness (QED) is 0.763. The normalized spacial score (nSPS) is 21.1. The molecule has 0 aliphatic heterocycles. The predicted molar refractivity (Wildman–Crippen MR) is 61.2 cm³/mol. The number of rotatable bonds is 2. The summed E-state index contributed by atoms with van der Waals surface area (Å²) in [7, 11) is 0. The summed E-state index contributed by atoms with van der Waals surface area (Å²) in [5.74, 6) is -0.367. The van der Waals surface area contributed by atoms with E-state index < -0.39 is 5.91 Å². The van der Waals surface area contributed by atoms with Crippen LogP contribution in [0.3, 0.4) is 0 Å². The number of carbonyl (C=O) groups is 1. The molecule has 0 saturated carbocycles. The number of halogens is 1. The number of hydrogen-bond donors (Lipinski definition) is 1. The van der Waals surface area contributed by atoms with E-state index in [1.54, 1.807) is 6.07 Å². The zero-order chi connectivity index (χ0) is 11.7. The first-order valence-corrected chi connectivity index (χ1v) is 5.41. The zero-order valence-corrected chi connectivity index (χ0v) is 9.16. The minimum Gasteiger partial charge on any atom is -0.366 e. The molecule has 0 fully saturated rings. The van der Waals surface area contributed by atoms with Crippen LogP contribution >= 0.6 is 0 Å². The molecule has 1 aliphatic carbocycles. The van der Waals surface area contributed by atoms with Crippen molar-refractivity contribution in [3.05, 3.63) is 41.2 Å². The maximum absolute atomic E-state index is 13.2. The van der Waals surface area contributed by atoms with Gasteiger partial charge in [0.15, 0.2) is 0 Å². The van der Waals surface area contributed by atoms with E-state index in [1.807, 2.05) is 0 Å². The van der Waals surface area contributed by atoms with Crippen LogP contribution in [0.5, 0.6) is 0 Å². The van der Waals surface area contributed by atoms with Crippen molar-refractivity contribution in [3.63, 3.8) is 0 Å². The maximum atomic E-state index is 13.2. The van der Waals surface area contributed by atoms with Gasteiger partial charge in [-0.3, -0.25) is 4.79 Å². The lowest BCUT2D eigenvalue weighted by Gasteiger charge is -2.06. The van der Waals surface area contributed by atoms with Crippen molar-refractivity contribution in [1.29, 1.82) is 0 Å². The Morgan fingerprint density at radius 3 is 3.00 bits per heavy atom. The average Bonchev–Trinajstić information content (AvgIpc) is 2.55. The first-order chi connectivity index (χ1) is 7.61. The Labute approximate surface area is 94.0 Å². The summed E-state index contributed by atoms with van der Waals surface area (Å²) in [6.45, 7) is 2.09. The van der Waals surface area contributed by atoms with Gasteiger partial charge in [-0.2, -0.15) is 0 Å². The molecule has 0 saturated heterocycles. The molecule has 1 amide bonds. The SMILES string of the molecule is CCC1C/C(=C\C(N)=O)c2cc(F)ccc21. The lowest BCUT2D eigenvalue weighted by atomic mass is 9.99. The lowest BCUT2D eigenvalue weighted by Crippen LogP contribution is -2.06. The van der Waals surface area contributed by atoms with Crippen LogP contribution in [0.25, 0.3) is 5.57 Å². The summed E-state index contributed by atoms with van der Waals surface area (Å²) < 4.78 is 13.2. The molecular formula is C13H14FNO. The molecule has 0 spiro atoms. The second-order valence-electron chi connectivity index (χ2n) is 4.11. The standard InChI is InChI=1S/C13H14FNO/c1-2-8-5-9(6-13(15)16)12-7-10(14)3-4-11(8)12/h3-4,6-8H,2,5H2,1H3,(H2,15,16)/b9-6+. The summed E-state index contributed by atoms with van der Waals surface area (Å²) in [5, 5.41) is 0. The third kappa shape index (κ3) is 1.85. The summed E-state index contributed by atoms with van der Waals surface area (Å²) in [5.41, 5.74) is 7.96. The summed E-state index contributed by atoms with van der Waals surface area (Å²) >= 11 is 0. The minimum atomic E-state index is -0.470. The molecule has 1 aromatic carbocycles. The van der Waals surface area contributed by atoms with Crippen LogP contribution < -0.4 is 5.73 Å². The molecule has 0 bridgehead atoms. The van der Waals surface area contributed by atoms with E-state index >= 15 is 0 Å². The zero-order valence-electron chi connectivity index (χ0n) is 9.16. The molecular weight excluding hydrogens is 205 g/mol. The number of benzene rings is 1. The molecule has 84 valence electrons. The van der Waals surface area contributed by atoms with Crippen LogP contribution in [0.15, 0.2) is 24.3 Å². The molecule has 1 unspecified atom stereocenters. The van der Waals surface area contributed by atoms with Crippen molar-refractivity contribution in [2.24, 2.45) is 5.73 Å². The van der Waals surface area contributed by atoms with Gasteiger partial charge < -0.3 is 5.73 Å². The molecule has 1 aromatic rings. The first kappa shape index (κ1) is 10.9. The molecule has 2 nitrogen and oxygen atoms in total. The second kappa shape index (κ2) is 4.08. The number of fused-ring (bicyclic) bond motifs is 1. The Balaban J connectivity index is 2.51. The van der Waals surface area contributed by atoms with Gasteiger partial charge in [-0.15, -0.1) is 0 Å². The van der Waals surface area contributed by atoms with Crippen molar-refractivity contribution < 1.29 is 9.18 Å². The molecule has 2 rings (SSSR count). The van der Waals surface area contributed by atoms with Gasteiger partial charge in [0.1, 0.15) is 5.82 Å². The highest BCUT2D eigenvalue weighted by atomic mass is 19.1. The van der Waals surface area contributed by atoms with Crippen LogP contribution in [-0.4, -0.2) is 5.91 Å². The highest BCUT2D eigenvalue weighted by Gasteiger charge is 2.25. The Morgan fingerprint density at radius 1 is 1.62 bits per heavy atom. The van der Waals surface area contributed by atoms with Gasteiger partial charge in [-0.1, -0.05) is 13.0 Å². The lowest BCUT2D eigenvalue weighted by molar-refractivity contribution is -0.113. The van der Waals surface area contributed by atoms with Gasteiger partial charge >= 0.3 is 0 Å². The third-order valence-corrected chi connectivity index (χ3v) is 3.08. The number of primary amides is 1. The van der Waals surface area contributed by atoms with Gasteiger partial charge in [-0.25, -0.2) is 4.39 Å².